The van der Waals surface area contributed by atoms with Gasteiger partial charge in [0.1, 0.15) is 0 Å². The van der Waals surface area contributed by atoms with E-state index >= 15 is 0 Å². The fraction of sp³-hybridized carbons (Fsp3) is 0. The van der Waals surface area contributed by atoms with Crippen molar-refractivity contribution >= 4 is 22.2 Å². The highest BCUT2D eigenvalue weighted by molar-refractivity contribution is 7.83. The van der Waals surface area contributed by atoms with E-state index in [4.69, 9.17) is 23.2 Å². The lowest BCUT2D eigenvalue weighted by Crippen LogP contribution is -2.08. The van der Waals surface area contributed by atoms with Gasteiger partial charge in [0, 0.05) is 0 Å². The van der Waals surface area contributed by atoms with Crippen LogP contribution in [0.1, 0.15) is 20.7 Å². The van der Waals surface area contributed by atoms with Crippen LogP contribution in [0.4, 0.5) is 0 Å². The molecule has 0 aliphatic carbocycles. The van der Waals surface area contributed by atoms with Crippen molar-refractivity contribution < 1.29 is 32.8 Å². The predicted molar refractivity (Wildman–Crippen MR) is 56.1 cm³/mol. The summed E-state index contributed by atoms with van der Waals surface area (Å²) in [5.41, 5.74) is -0.0372. The second-order valence-corrected chi connectivity index (χ2v) is 3.74. The summed E-state index contributed by atoms with van der Waals surface area (Å²) in [6, 6.07) is 5.20. The summed E-state index contributed by atoms with van der Waals surface area (Å²) in [6.45, 7) is 0. The average molecular weight is 263 g/mol. The number of carboxylic acids is 2. The van der Waals surface area contributed by atoms with Crippen LogP contribution in [-0.4, -0.2) is 35.1 Å². The maximum Gasteiger partial charge on any atom is 0.335 e. The summed E-state index contributed by atoms with van der Waals surface area (Å²) in [6.07, 6.45) is 0. The fourth-order valence-corrected chi connectivity index (χ4v) is 0.785. The number of hydrogen-bond donors (Lipinski definition) is 4. The molecule has 1 aromatic rings. The average Bonchev–Trinajstić information content (AvgIpc) is 2.15. The van der Waals surface area contributed by atoms with Crippen molar-refractivity contribution in [1.82, 2.24) is 0 Å². The Morgan fingerprint density at radius 2 is 1.35 bits per heavy atom. The van der Waals surface area contributed by atoms with E-state index in [9.17, 15) is 9.59 Å². The lowest BCUT2D eigenvalue weighted by molar-refractivity contribution is 0.0696. The Labute approximate surface area is 96.2 Å². The molecule has 0 saturated carbocycles. The number of carboxylic acid groups (broad SMARTS) is 2. The van der Waals surface area contributed by atoms with Crippen LogP contribution in [0.3, 0.4) is 0 Å². The van der Waals surface area contributed by atoms with Crippen molar-refractivity contribution in [2.75, 3.05) is 0 Å². The molecule has 17 heavy (non-hydrogen) atoms. The van der Waals surface area contributed by atoms with Gasteiger partial charge in [-0.3, -0.25) is 4.55 Å². The van der Waals surface area contributed by atoms with Gasteiger partial charge in [0.15, 0.2) is 0 Å². The third-order valence-electron chi connectivity index (χ3n) is 1.36. The molecule has 1 aromatic carbocycles. The molecule has 8 nitrogen and oxygen atoms in total. The number of benzene rings is 1. The number of carbonyl (C=O) groups is 2. The van der Waals surface area contributed by atoms with Gasteiger partial charge in [-0.2, -0.15) is 8.42 Å². The largest absolute Gasteiger partial charge is 0.478 e. The molecule has 0 bridgehead atoms. The number of rotatable bonds is 2. The van der Waals surface area contributed by atoms with Gasteiger partial charge in [-0.1, -0.05) is 6.07 Å². The van der Waals surface area contributed by atoms with Gasteiger partial charge in [0.25, 0.3) is 0 Å². The first-order chi connectivity index (χ1) is 7.61. The molecule has 0 atom stereocenters. The minimum absolute atomic E-state index is 0.0186. The molecule has 0 aliphatic heterocycles. The molecule has 0 spiro atoms. The van der Waals surface area contributed by atoms with Gasteiger partial charge >= 0.3 is 22.2 Å². The lowest BCUT2D eigenvalue weighted by atomic mass is 10.1. The summed E-state index contributed by atoms with van der Waals surface area (Å²) in [5.74, 6) is -2.25. The molecule has 0 heterocycles. The Bertz CT molecular complexity index is 485. The summed E-state index contributed by atoms with van der Waals surface area (Å²) in [4.78, 5) is 20.8. The Balaban J connectivity index is 0.000000437. The van der Waals surface area contributed by atoms with Gasteiger partial charge < -0.3 is 10.2 Å². The first-order valence-corrected chi connectivity index (χ1v) is 5.43. The second kappa shape index (κ2) is 5.94. The van der Waals surface area contributed by atoms with Crippen molar-refractivity contribution in [2.45, 2.75) is 0 Å². The van der Waals surface area contributed by atoms with Gasteiger partial charge in [0.05, 0.1) is 11.1 Å². The van der Waals surface area contributed by atoms with Crippen molar-refractivity contribution in [3.05, 3.63) is 35.4 Å². The Morgan fingerprint density at radius 3 is 1.59 bits per heavy atom. The van der Waals surface area contributed by atoms with Gasteiger partial charge in [-0.15, -0.1) is 0 Å². The van der Waals surface area contributed by atoms with Crippen LogP contribution in [-0.2, 0) is 10.3 Å². The first-order valence-electron chi connectivity index (χ1n) is 3.93. The van der Waals surface area contributed by atoms with E-state index in [0.29, 0.717) is 0 Å². The summed E-state index contributed by atoms with van der Waals surface area (Å²) < 4.78 is 25.2. The Morgan fingerprint density at radius 1 is 1.06 bits per heavy atom. The number of nitrogens with two attached hydrogens (primary N) is 1. The van der Waals surface area contributed by atoms with Crippen LogP contribution in [0.2, 0.25) is 0 Å². The zero-order chi connectivity index (χ0) is 13.6. The van der Waals surface area contributed by atoms with Gasteiger partial charge in [-0.05, 0) is 18.2 Å². The predicted octanol–water partition coefficient (Wildman–Crippen LogP) is -0.169. The Hall–Kier alpha value is -1.97. The van der Waals surface area contributed by atoms with Crippen molar-refractivity contribution in [2.24, 2.45) is 5.14 Å². The van der Waals surface area contributed by atoms with E-state index in [0.717, 1.165) is 6.07 Å². The standard InChI is InChI=1S/C8H6O4.H3NO3S/c9-7(10)5-2-1-3-6(4-5)8(11)12;1-5(2,3)4/h1-4H,(H,9,10)(H,11,12);(H3,1,2,3,4). The molecule has 94 valence electrons. The highest BCUT2D eigenvalue weighted by atomic mass is 32.2. The number of hydrogen-bond acceptors (Lipinski definition) is 4. The normalized spacial score (nSPS) is 10.0. The molecule has 0 fully saturated rings. The molecule has 9 heteroatoms. The number of aromatic carboxylic acids is 2. The van der Waals surface area contributed by atoms with Crippen LogP contribution < -0.4 is 5.14 Å². The van der Waals surface area contributed by atoms with E-state index in [-0.39, 0.29) is 11.1 Å². The third-order valence-corrected chi connectivity index (χ3v) is 1.36. The maximum atomic E-state index is 10.4. The Kier molecular flexibility index (Phi) is 5.25. The monoisotopic (exact) mass is 263 g/mol. The third kappa shape index (κ3) is 7.90. The van der Waals surface area contributed by atoms with Gasteiger partial charge in [0.2, 0.25) is 0 Å². The van der Waals surface area contributed by atoms with Gasteiger partial charge in [-0.25, -0.2) is 14.7 Å². The SMILES string of the molecule is NS(=O)(=O)O.O=C(O)c1cccc(C(=O)O)c1. The zero-order valence-corrected chi connectivity index (χ0v) is 9.09. The molecule has 0 unspecified atom stereocenters. The molecule has 0 aromatic heterocycles. The van der Waals surface area contributed by atoms with Crippen LogP contribution in [0.25, 0.3) is 0 Å². The van der Waals surface area contributed by atoms with E-state index in [1.807, 2.05) is 0 Å². The van der Waals surface area contributed by atoms with Crippen LogP contribution >= 0.6 is 0 Å². The van der Waals surface area contributed by atoms with Crippen molar-refractivity contribution in [3.63, 3.8) is 0 Å². The van der Waals surface area contributed by atoms with Crippen LogP contribution in [0.15, 0.2) is 24.3 Å². The molecule has 0 saturated heterocycles. The fourth-order valence-electron chi connectivity index (χ4n) is 0.785. The lowest BCUT2D eigenvalue weighted by Gasteiger charge is -1.95. The van der Waals surface area contributed by atoms with E-state index in [1.165, 1.54) is 18.2 Å². The zero-order valence-electron chi connectivity index (χ0n) is 8.27. The molecule has 0 amide bonds. The van der Waals surface area contributed by atoms with E-state index < -0.39 is 22.2 Å². The minimum Gasteiger partial charge on any atom is -0.478 e. The van der Waals surface area contributed by atoms with Crippen LogP contribution in [0.5, 0.6) is 0 Å². The molecule has 5 N–H and O–H groups in total. The minimum atomic E-state index is -4.17. The van der Waals surface area contributed by atoms with E-state index in [2.05, 4.69) is 5.14 Å². The summed E-state index contributed by atoms with van der Waals surface area (Å²) in [5, 5.41) is 20.9. The summed E-state index contributed by atoms with van der Waals surface area (Å²) in [7, 11) is -4.17. The maximum absolute atomic E-state index is 10.4. The quantitative estimate of drug-likeness (QED) is 0.540. The first kappa shape index (κ1) is 15.0. The molecular formula is C8H9NO7S. The highest BCUT2D eigenvalue weighted by Gasteiger charge is 2.06. The van der Waals surface area contributed by atoms with E-state index in [1.54, 1.807) is 0 Å². The smallest absolute Gasteiger partial charge is 0.335 e. The van der Waals surface area contributed by atoms with Crippen molar-refractivity contribution in [3.8, 4) is 0 Å². The second-order valence-electron chi connectivity index (χ2n) is 2.71. The highest BCUT2D eigenvalue weighted by Crippen LogP contribution is 2.04. The summed E-state index contributed by atoms with van der Waals surface area (Å²) >= 11 is 0. The van der Waals surface area contributed by atoms with Crippen molar-refractivity contribution in [1.29, 1.82) is 0 Å². The molecule has 0 radical (unpaired) electrons. The topological polar surface area (TPSA) is 155 Å². The molecule has 1 rings (SSSR count). The molecular weight excluding hydrogens is 254 g/mol. The van der Waals surface area contributed by atoms with Crippen LogP contribution in [0, 0.1) is 0 Å². The molecule has 0 aliphatic rings.